The molecule has 1 amide bonds. The quantitative estimate of drug-likeness (QED) is 0.544. The zero-order valence-corrected chi connectivity index (χ0v) is 13.2. The summed E-state index contributed by atoms with van der Waals surface area (Å²) in [5, 5.41) is 10.5. The molecule has 1 aromatic rings. The highest BCUT2D eigenvalue weighted by molar-refractivity contribution is 7.89. The Balaban J connectivity index is 1.88. The molecule has 1 saturated heterocycles. The largest absolute Gasteiger partial charge is 0.341 e. The summed E-state index contributed by atoms with van der Waals surface area (Å²) in [6, 6.07) is 4.52. The third-order valence-electron chi connectivity index (χ3n) is 3.57. The fourth-order valence-electron chi connectivity index (χ4n) is 2.29. The van der Waals surface area contributed by atoms with Gasteiger partial charge in [0.1, 0.15) is 0 Å². The lowest BCUT2D eigenvalue weighted by Crippen LogP contribution is -2.34. The number of nitrogens with two attached hydrogens (primary N) is 1. The molecule has 0 aliphatic carbocycles. The number of benzene rings is 1. The molecule has 1 aliphatic rings. The average Bonchev–Trinajstić information content (AvgIpc) is 2.94. The molecule has 1 fully saturated rings. The number of carbonyl (C=O) groups is 1. The lowest BCUT2D eigenvalue weighted by atomic mass is 10.3. The van der Waals surface area contributed by atoms with E-state index in [-0.39, 0.29) is 35.5 Å². The van der Waals surface area contributed by atoms with Crippen LogP contribution in [0.25, 0.3) is 0 Å². The fourth-order valence-corrected chi connectivity index (χ4v) is 3.33. The molecule has 9 nitrogen and oxygen atoms in total. The zero-order valence-electron chi connectivity index (χ0n) is 12.3. The monoisotopic (exact) mass is 342 g/mol. The van der Waals surface area contributed by atoms with Crippen LogP contribution in [0.2, 0.25) is 0 Å². The van der Waals surface area contributed by atoms with Crippen LogP contribution in [-0.4, -0.2) is 49.8 Å². The first kappa shape index (κ1) is 17.3. The summed E-state index contributed by atoms with van der Waals surface area (Å²) in [5.41, 5.74) is 5.53. The number of nitrogens with zero attached hydrogens (tertiary/aromatic N) is 2. The van der Waals surface area contributed by atoms with Crippen LogP contribution in [0.3, 0.4) is 0 Å². The summed E-state index contributed by atoms with van der Waals surface area (Å²) in [6.45, 7) is 1.05. The maximum atomic E-state index is 12.0. The van der Waals surface area contributed by atoms with Gasteiger partial charge in [0.05, 0.1) is 9.82 Å². The van der Waals surface area contributed by atoms with Gasteiger partial charge in [-0.3, -0.25) is 14.9 Å². The Morgan fingerprint density at radius 3 is 2.57 bits per heavy atom. The maximum absolute atomic E-state index is 12.0. The van der Waals surface area contributed by atoms with Gasteiger partial charge in [-0.05, 0) is 18.6 Å². The summed E-state index contributed by atoms with van der Waals surface area (Å²) in [5.74, 6) is -0.149. The number of non-ortho nitro benzene ring substituents is 1. The highest BCUT2D eigenvalue weighted by Gasteiger charge is 2.23. The van der Waals surface area contributed by atoms with E-state index in [1.165, 1.54) is 0 Å². The van der Waals surface area contributed by atoms with Crippen molar-refractivity contribution in [3.05, 3.63) is 34.4 Å². The van der Waals surface area contributed by atoms with Crippen molar-refractivity contribution < 1.29 is 18.1 Å². The molecule has 126 valence electrons. The molecule has 23 heavy (non-hydrogen) atoms. The summed E-state index contributed by atoms with van der Waals surface area (Å²) in [4.78, 5) is 23.4. The smallest absolute Gasteiger partial charge is 0.269 e. The second kappa shape index (κ2) is 7.02. The van der Waals surface area contributed by atoms with Crippen LogP contribution in [-0.2, 0) is 14.8 Å². The Hall–Kier alpha value is -2.04. The van der Waals surface area contributed by atoms with Crippen LogP contribution in [0, 0.1) is 10.1 Å². The number of likely N-dealkylation sites (tertiary alicyclic amines) is 1. The molecule has 1 atom stereocenters. The van der Waals surface area contributed by atoms with Gasteiger partial charge in [-0.15, -0.1) is 0 Å². The van der Waals surface area contributed by atoms with Crippen molar-refractivity contribution >= 4 is 21.6 Å². The third kappa shape index (κ3) is 4.47. The Bertz CT molecular complexity index is 689. The van der Waals surface area contributed by atoms with Crippen LogP contribution in [0.15, 0.2) is 29.2 Å². The molecule has 0 bridgehead atoms. The standard InChI is InChI=1S/C13H18N4O5S/c14-10-6-8-16(9-10)13(18)5-7-15-23(21,22)12-3-1-11(2-4-12)17(19)20/h1-4,10,15H,5-9,14H2/t10-/m1/s1. The SMILES string of the molecule is N[C@@H]1CCN(C(=O)CCNS(=O)(=O)c2ccc([N+](=O)[O-])cc2)C1. The van der Waals surface area contributed by atoms with E-state index in [1.807, 2.05) is 0 Å². The van der Waals surface area contributed by atoms with Gasteiger partial charge >= 0.3 is 0 Å². The Kier molecular flexibility index (Phi) is 5.29. The Labute approximate surface area is 133 Å². The number of hydrogen-bond acceptors (Lipinski definition) is 6. The first-order valence-corrected chi connectivity index (χ1v) is 8.55. The predicted molar refractivity (Wildman–Crippen MR) is 82.1 cm³/mol. The van der Waals surface area contributed by atoms with Gasteiger partial charge in [0.2, 0.25) is 15.9 Å². The summed E-state index contributed by atoms with van der Waals surface area (Å²) >= 11 is 0. The van der Waals surface area contributed by atoms with Crippen molar-refractivity contribution in [2.24, 2.45) is 5.73 Å². The maximum Gasteiger partial charge on any atom is 0.269 e. The van der Waals surface area contributed by atoms with Crippen LogP contribution < -0.4 is 10.5 Å². The minimum Gasteiger partial charge on any atom is -0.341 e. The van der Waals surface area contributed by atoms with Crippen LogP contribution >= 0.6 is 0 Å². The summed E-state index contributed by atoms with van der Waals surface area (Å²) in [7, 11) is -3.80. The molecule has 1 heterocycles. The predicted octanol–water partition coefficient (Wildman–Crippen LogP) is -0.177. The normalized spacial score (nSPS) is 18.1. The van der Waals surface area contributed by atoms with E-state index >= 15 is 0 Å². The number of carbonyl (C=O) groups excluding carboxylic acids is 1. The van der Waals surface area contributed by atoms with E-state index in [0.717, 1.165) is 30.7 Å². The number of hydrogen-bond donors (Lipinski definition) is 2. The van der Waals surface area contributed by atoms with Crippen molar-refractivity contribution in [2.45, 2.75) is 23.8 Å². The minimum atomic E-state index is -3.80. The van der Waals surface area contributed by atoms with Gasteiger partial charge in [0.15, 0.2) is 0 Å². The highest BCUT2D eigenvalue weighted by Crippen LogP contribution is 2.15. The molecule has 3 N–H and O–H groups in total. The lowest BCUT2D eigenvalue weighted by molar-refractivity contribution is -0.384. The van der Waals surface area contributed by atoms with E-state index in [2.05, 4.69) is 4.72 Å². The first-order valence-electron chi connectivity index (χ1n) is 7.07. The molecule has 2 rings (SSSR count). The Morgan fingerprint density at radius 1 is 1.39 bits per heavy atom. The molecule has 0 saturated carbocycles. The van der Waals surface area contributed by atoms with Crippen LogP contribution in [0.1, 0.15) is 12.8 Å². The van der Waals surface area contributed by atoms with Crippen LogP contribution in [0.4, 0.5) is 5.69 Å². The fraction of sp³-hybridized carbons (Fsp3) is 0.462. The number of nitro benzene ring substituents is 1. The number of nitro groups is 1. The van der Waals surface area contributed by atoms with E-state index < -0.39 is 14.9 Å². The second-order valence-electron chi connectivity index (χ2n) is 5.29. The number of rotatable bonds is 6. The molecule has 10 heteroatoms. The number of sulfonamides is 1. The van der Waals surface area contributed by atoms with E-state index in [0.29, 0.717) is 13.1 Å². The van der Waals surface area contributed by atoms with Gasteiger partial charge in [-0.25, -0.2) is 13.1 Å². The number of amides is 1. The molecule has 0 spiro atoms. The number of nitrogens with one attached hydrogen (secondary N) is 1. The van der Waals surface area contributed by atoms with Crippen molar-refractivity contribution in [2.75, 3.05) is 19.6 Å². The third-order valence-corrected chi connectivity index (χ3v) is 5.04. The van der Waals surface area contributed by atoms with Crippen LogP contribution in [0.5, 0.6) is 0 Å². The van der Waals surface area contributed by atoms with Crippen molar-refractivity contribution in [3.63, 3.8) is 0 Å². The van der Waals surface area contributed by atoms with Gasteiger partial charge in [-0.2, -0.15) is 0 Å². The summed E-state index contributed by atoms with van der Waals surface area (Å²) < 4.78 is 26.4. The van der Waals surface area contributed by atoms with E-state index in [4.69, 9.17) is 5.73 Å². The average molecular weight is 342 g/mol. The van der Waals surface area contributed by atoms with Gasteiger partial charge in [0, 0.05) is 44.2 Å². The van der Waals surface area contributed by atoms with Crippen molar-refractivity contribution in [1.82, 2.24) is 9.62 Å². The van der Waals surface area contributed by atoms with Crippen molar-refractivity contribution in [1.29, 1.82) is 0 Å². The molecule has 1 aromatic carbocycles. The second-order valence-corrected chi connectivity index (χ2v) is 7.05. The summed E-state index contributed by atoms with van der Waals surface area (Å²) in [6.07, 6.45) is 0.791. The van der Waals surface area contributed by atoms with Gasteiger partial charge in [-0.1, -0.05) is 0 Å². The molecule has 0 radical (unpaired) electrons. The van der Waals surface area contributed by atoms with Crippen molar-refractivity contribution in [3.8, 4) is 0 Å². The zero-order chi connectivity index (χ0) is 17.0. The van der Waals surface area contributed by atoms with Gasteiger partial charge in [0.25, 0.3) is 5.69 Å². The minimum absolute atomic E-state index is 0.0178. The molecule has 0 aromatic heterocycles. The van der Waals surface area contributed by atoms with Gasteiger partial charge < -0.3 is 10.6 Å². The first-order chi connectivity index (χ1) is 10.8. The molecule has 0 unspecified atom stereocenters. The van der Waals surface area contributed by atoms with E-state index in [1.54, 1.807) is 4.90 Å². The topological polar surface area (TPSA) is 136 Å². The lowest BCUT2D eigenvalue weighted by Gasteiger charge is -2.15. The Morgan fingerprint density at radius 2 is 2.04 bits per heavy atom. The molecular formula is C13H18N4O5S. The highest BCUT2D eigenvalue weighted by atomic mass is 32.2. The molecule has 1 aliphatic heterocycles. The molecular weight excluding hydrogens is 324 g/mol. The van der Waals surface area contributed by atoms with E-state index in [9.17, 15) is 23.3 Å².